The van der Waals surface area contributed by atoms with Gasteiger partial charge in [0.2, 0.25) is 11.8 Å². The molecule has 0 radical (unpaired) electrons. The van der Waals surface area contributed by atoms with E-state index in [-0.39, 0.29) is 30.8 Å². The first-order valence-electron chi connectivity index (χ1n) is 9.15. The van der Waals surface area contributed by atoms with Crippen molar-refractivity contribution >= 4 is 24.2 Å². The molecule has 1 aliphatic heterocycles. The molecule has 0 spiro atoms. The Hall–Kier alpha value is -1.63. The fourth-order valence-electron chi connectivity index (χ4n) is 2.81. The quantitative estimate of drug-likeness (QED) is 0.554. The second kappa shape index (κ2) is 12.7. The number of benzene rings is 1. The summed E-state index contributed by atoms with van der Waals surface area (Å²) >= 11 is 0. The maximum atomic E-state index is 11.8. The zero-order valence-corrected chi connectivity index (χ0v) is 16.4. The second-order valence-corrected chi connectivity index (χ2v) is 6.56. The van der Waals surface area contributed by atoms with E-state index >= 15 is 0 Å². The predicted molar refractivity (Wildman–Crippen MR) is 107 cm³/mol. The minimum Gasteiger partial charge on any atom is -0.355 e. The highest BCUT2D eigenvalue weighted by Crippen LogP contribution is 2.05. The predicted octanol–water partition coefficient (Wildman–Crippen LogP) is 0.877. The lowest BCUT2D eigenvalue weighted by Crippen LogP contribution is -2.44. The van der Waals surface area contributed by atoms with Gasteiger partial charge in [0.05, 0.1) is 6.54 Å². The molecule has 0 atom stereocenters. The molecular formula is C19H31ClN4O2. The van der Waals surface area contributed by atoms with Crippen LogP contribution < -0.4 is 16.0 Å². The minimum absolute atomic E-state index is 0. The zero-order chi connectivity index (χ0) is 17.9. The number of halogens is 1. The van der Waals surface area contributed by atoms with E-state index in [9.17, 15) is 9.59 Å². The van der Waals surface area contributed by atoms with E-state index in [4.69, 9.17) is 0 Å². The third-order valence-corrected chi connectivity index (χ3v) is 4.39. The molecule has 1 aliphatic rings. The van der Waals surface area contributed by atoms with Crippen molar-refractivity contribution in [2.45, 2.75) is 26.2 Å². The van der Waals surface area contributed by atoms with Gasteiger partial charge in [-0.25, -0.2) is 0 Å². The number of nitrogens with one attached hydrogen (secondary N) is 3. The summed E-state index contributed by atoms with van der Waals surface area (Å²) in [5, 5.41) is 8.87. The van der Waals surface area contributed by atoms with Crippen LogP contribution in [0.3, 0.4) is 0 Å². The fraction of sp³-hybridized carbons (Fsp3) is 0.579. The summed E-state index contributed by atoms with van der Waals surface area (Å²) in [5.41, 5.74) is 2.35. The average Bonchev–Trinajstić information content (AvgIpc) is 2.64. The average molecular weight is 383 g/mol. The van der Waals surface area contributed by atoms with Crippen LogP contribution in [0.15, 0.2) is 24.3 Å². The first kappa shape index (κ1) is 22.4. The third kappa shape index (κ3) is 9.17. The molecule has 2 amide bonds. The summed E-state index contributed by atoms with van der Waals surface area (Å²) in [5.74, 6) is -0.208. The van der Waals surface area contributed by atoms with Crippen LogP contribution in [0.1, 0.15) is 24.0 Å². The largest absolute Gasteiger partial charge is 0.355 e. The minimum atomic E-state index is -0.121. The van der Waals surface area contributed by atoms with Crippen LogP contribution in [-0.4, -0.2) is 62.5 Å². The Labute approximate surface area is 162 Å². The van der Waals surface area contributed by atoms with Crippen molar-refractivity contribution in [3.63, 3.8) is 0 Å². The number of carbonyl (C=O) groups excluding carboxylic acids is 2. The van der Waals surface area contributed by atoms with Gasteiger partial charge in [-0.1, -0.05) is 29.8 Å². The molecule has 1 aromatic carbocycles. The van der Waals surface area contributed by atoms with Gasteiger partial charge < -0.3 is 20.9 Å². The standard InChI is InChI=1S/C19H30N4O2.ClH/c1-16-3-5-17(6-4-16)7-8-18(24)22-15-19(25)21-9-2-12-23-13-10-20-11-14-23;/h3-6,20H,2,7-15H2,1H3,(H,21,25)(H,22,24);1H. The van der Waals surface area contributed by atoms with E-state index < -0.39 is 0 Å². The summed E-state index contributed by atoms with van der Waals surface area (Å²) in [6.07, 6.45) is 2.03. The molecule has 3 N–H and O–H groups in total. The summed E-state index contributed by atoms with van der Waals surface area (Å²) in [4.78, 5) is 26.0. The van der Waals surface area contributed by atoms with E-state index in [1.807, 2.05) is 31.2 Å². The van der Waals surface area contributed by atoms with Crippen LogP contribution in [0, 0.1) is 6.92 Å². The summed E-state index contributed by atoms with van der Waals surface area (Å²) < 4.78 is 0. The number of piperazine rings is 1. The number of hydrogen-bond donors (Lipinski definition) is 3. The van der Waals surface area contributed by atoms with Gasteiger partial charge in [0.25, 0.3) is 0 Å². The number of rotatable bonds is 9. The highest BCUT2D eigenvalue weighted by Gasteiger charge is 2.09. The Bertz CT molecular complexity index is 545. The third-order valence-electron chi connectivity index (χ3n) is 4.39. The molecule has 0 saturated carbocycles. The van der Waals surface area contributed by atoms with Gasteiger partial charge in [-0.3, -0.25) is 9.59 Å². The van der Waals surface area contributed by atoms with Gasteiger partial charge in [-0.05, 0) is 31.9 Å². The van der Waals surface area contributed by atoms with Gasteiger partial charge in [0, 0.05) is 39.1 Å². The van der Waals surface area contributed by atoms with Crippen LogP contribution in [0.5, 0.6) is 0 Å². The van der Waals surface area contributed by atoms with Crippen molar-refractivity contribution in [1.29, 1.82) is 0 Å². The maximum absolute atomic E-state index is 11.8. The number of hydrogen-bond acceptors (Lipinski definition) is 4. The lowest BCUT2D eigenvalue weighted by molar-refractivity contribution is -0.126. The molecule has 7 heteroatoms. The van der Waals surface area contributed by atoms with Crippen LogP contribution in [0.2, 0.25) is 0 Å². The number of amides is 2. The van der Waals surface area contributed by atoms with Crippen molar-refractivity contribution < 1.29 is 9.59 Å². The number of nitrogens with zero attached hydrogens (tertiary/aromatic N) is 1. The highest BCUT2D eigenvalue weighted by atomic mass is 35.5. The Morgan fingerprint density at radius 2 is 1.77 bits per heavy atom. The molecule has 26 heavy (non-hydrogen) atoms. The molecule has 6 nitrogen and oxygen atoms in total. The first-order valence-corrected chi connectivity index (χ1v) is 9.15. The Morgan fingerprint density at radius 1 is 1.08 bits per heavy atom. The smallest absolute Gasteiger partial charge is 0.239 e. The number of aryl methyl sites for hydroxylation is 2. The molecule has 1 saturated heterocycles. The molecular weight excluding hydrogens is 352 g/mol. The van der Waals surface area contributed by atoms with Crippen LogP contribution >= 0.6 is 12.4 Å². The Morgan fingerprint density at radius 3 is 2.46 bits per heavy atom. The van der Waals surface area contributed by atoms with E-state index in [2.05, 4.69) is 20.9 Å². The lowest BCUT2D eigenvalue weighted by Gasteiger charge is -2.27. The van der Waals surface area contributed by atoms with Gasteiger partial charge in [0.1, 0.15) is 0 Å². The van der Waals surface area contributed by atoms with Crippen molar-refractivity contribution in [2.24, 2.45) is 0 Å². The van der Waals surface area contributed by atoms with Gasteiger partial charge >= 0.3 is 0 Å². The van der Waals surface area contributed by atoms with Gasteiger partial charge in [-0.2, -0.15) is 0 Å². The van der Waals surface area contributed by atoms with Crippen molar-refractivity contribution in [1.82, 2.24) is 20.9 Å². The normalized spacial score (nSPS) is 14.3. The van der Waals surface area contributed by atoms with E-state index in [0.29, 0.717) is 19.4 Å². The SMILES string of the molecule is Cc1ccc(CCC(=O)NCC(=O)NCCCN2CCNCC2)cc1.Cl. The Balaban J connectivity index is 0.00000338. The summed E-state index contributed by atoms with van der Waals surface area (Å²) in [7, 11) is 0. The maximum Gasteiger partial charge on any atom is 0.239 e. The molecule has 0 aromatic heterocycles. The van der Waals surface area contributed by atoms with E-state index in [1.54, 1.807) is 0 Å². The number of carbonyl (C=O) groups is 2. The van der Waals surface area contributed by atoms with E-state index in [0.717, 1.165) is 44.7 Å². The van der Waals surface area contributed by atoms with Crippen molar-refractivity contribution in [2.75, 3.05) is 45.8 Å². The molecule has 0 aliphatic carbocycles. The Kier molecular flexibility index (Phi) is 10.9. The molecule has 1 heterocycles. The fourth-order valence-corrected chi connectivity index (χ4v) is 2.81. The summed E-state index contributed by atoms with van der Waals surface area (Å²) in [6.45, 7) is 7.99. The monoisotopic (exact) mass is 382 g/mol. The van der Waals surface area contributed by atoms with Crippen LogP contribution in [0.4, 0.5) is 0 Å². The molecule has 0 unspecified atom stereocenters. The molecule has 1 fully saturated rings. The van der Waals surface area contributed by atoms with Gasteiger partial charge in [0.15, 0.2) is 0 Å². The van der Waals surface area contributed by atoms with Crippen LogP contribution in [-0.2, 0) is 16.0 Å². The topological polar surface area (TPSA) is 73.5 Å². The zero-order valence-electron chi connectivity index (χ0n) is 15.6. The molecule has 146 valence electrons. The lowest BCUT2D eigenvalue weighted by atomic mass is 10.1. The van der Waals surface area contributed by atoms with Crippen molar-refractivity contribution in [3.8, 4) is 0 Å². The molecule has 1 aromatic rings. The highest BCUT2D eigenvalue weighted by molar-refractivity contribution is 5.85. The molecule has 2 rings (SSSR count). The summed E-state index contributed by atoms with van der Waals surface area (Å²) in [6, 6.07) is 8.16. The van der Waals surface area contributed by atoms with Gasteiger partial charge in [-0.15, -0.1) is 12.4 Å². The van der Waals surface area contributed by atoms with Crippen LogP contribution in [0.25, 0.3) is 0 Å². The van der Waals surface area contributed by atoms with Crippen molar-refractivity contribution in [3.05, 3.63) is 35.4 Å². The van der Waals surface area contributed by atoms with E-state index in [1.165, 1.54) is 5.56 Å². The first-order chi connectivity index (χ1) is 12.1. The molecule has 0 bridgehead atoms. The second-order valence-electron chi connectivity index (χ2n) is 6.56.